The fraction of sp³-hybridized carbons (Fsp3) is 0.571. The van der Waals surface area contributed by atoms with Crippen molar-refractivity contribution < 1.29 is 9.59 Å². The van der Waals surface area contributed by atoms with Gasteiger partial charge in [-0.05, 0) is 24.3 Å². The maximum absolute atomic E-state index is 11.1. The van der Waals surface area contributed by atoms with Crippen molar-refractivity contribution in [3.05, 3.63) is 0 Å². The predicted molar refractivity (Wildman–Crippen MR) is 49.8 cm³/mol. The highest BCUT2D eigenvalue weighted by Gasteiger charge is 2.23. The van der Waals surface area contributed by atoms with E-state index in [9.17, 15) is 9.59 Å². The fourth-order valence-electron chi connectivity index (χ4n) is 0.879. The largest absolute Gasteiger partial charge is 0.298 e. The zero-order valence-electron chi connectivity index (χ0n) is 8.09. The lowest BCUT2D eigenvalue weighted by Crippen LogP contribution is -2.22. The van der Waals surface area contributed by atoms with Gasteiger partial charge >= 0.3 is 0 Å². The molecule has 0 fully saturated rings. The van der Waals surface area contributed by atoms with Crippen LogP contribution in [0.25, 0.3) is 0 Å². The summed E-state index contributed by atoms with van der Waals surface area (Å²) in [6.45, 7) is 2.76. The van der Waals surface area contributed by atoms with Gasteiger partial charge in [0.2, 0.25) is 5.16 Å². The number of carbonyl (C=O) groups excluding carboxylic acids is 2. The summed E-state index contributed by atoms with van der Waals surface area (Å²) in [5, 5.41) is 10.4. The molecular weight excluding hydrogens is 204 g/mol. The van der Waals surface area contributed by atoms with E-state index in [1.807, 2.05) is 0 Å². The number of hydrogen-bond acceptors (Lipinski definition) is 6. The first-order valence-electron chi connectivity index (χ1n) is 3.92. The van der Waals surface area contributed by atoms with Crippen molar-refractivity contribution in [2.24, 2.45) is 7.05 Å². The van der Waals surface area contributed by atoms with Gasteiger partial charge in [0.05, 0.1) is 0 Å². The molecule has 0 aliphatic heterocycles. The minimum atomic E-state index is -0.709. The predicted octanol–water partition coefficient (Wildman–Crippen LogP) is -0.151. The molecule has 0 unspecified atom stereocenters. The Hall–Kier alpha value is -1.24. The van der Waals surface area contributed by atoms with Crippen LogP contribution in [-0.2, 0) is 16.6 Å². The van der Waals surface area contributed by atoms with E-state index in [0.29, 0.717) is 5.16 Å². The Morgan fingerprint density at radius 1 is 1.36 bits per heavy atom. The Balaban J connectivity index is 2.80. The number of Topliss-reactive ketones (excluding diaryl/α,β-unsaturated/α-hetero) is 2. The molecule has 0 saturated carbocycles. The van der Waals surface area contributed by atoms with E-state index in [0.717, 1.165) is 11.8 Å². The quantitative estimate of drug-likeness (QED) is 0.512. The van der Waals surface area contributed by atoms with E-state index in [1.165, 1.54) is 18.5 Å². The van der Waals surface area contributed by atoms with Crippen molar-refractivity contribution in [3.63, 3.8) is 0 Å². The second kappa shape index (κ2) is 4.32. The summed E-state index contributed by atoms with van der Waals surface area (Å²) in [5.74, 6) is -0.379. The lowest BCUT2D eigenvalue weighted by atomic mass is 10.2. The van der Waals surface area contributed by atoms with E-state index in [4.69, 9.17) is 0 Å². The first kappa shape index (κ1) is 10.8. The third-order valence-corrected chi connectivity index (χ3v) is 3.00. The van der Waals surface area contributed by atoms with Gasteiger partial charge in [-0.25, -0.2) is 4.68 Å². The monoisotopic (exact) mass is 214 g/mol. The highest BCUT2D eigenvalue weighted by molar-refractivity contribution is 8.01. The number of hydrogen-bond donors (Lipinski definition) is 0. The number of aromatic nitrogens is 4. The number of rotatable bonds is 4. The molecule has 1 aromatic rings. The number of carbonyl (C=O) groups is 2. The molecule has 0 aliphatic rings. The van der Waals surface area contributed by atoms with Crippen molar-refractivity contribution in [1.82, 2.24) is 20.2 Å². The molecule has 1 rings (SSSR count). The van der Waals surface area contributed by atoms with Crippen LogP contribution in [0.2, 0.25) is 0 Å². The van der Waals surface area contributed by atoms with Crippen LogP contribution in [0, 0.1) is 0 Å². The molecule has 0 atom stereocenters. The first-order valence-corrected chi connectivity index (χ1v) is 4.80. The fourth-order valence-corrected chi connectivity index (χ4v) is 1.69. The molecule has 0 N–H and O–H groups in total. The molecule has 0 amide bonds. The van der Waals surface area contributed by atoms with Gasteiger partial charge in [-0.3, -0.25) is 9.59 Å². The highest BCUT2D eigenvalue weighted by Crippen LogP contribution is 2.20. The molecule has 0 spiro atoms. The van der Waals surface area contributed by atoms with Crippen LogP contribution in [0.4, 0.5) is 0 Å². The van der Waals surface area contributed by atoms with E-state index >= 15 is 0 Å². The van der Waals surface area contributed by atoms with E-state index < -0.39 is 5.25 Å². The highest BCUT2D eigenvalue weighted by atomic mass is 32.2. The number of ketones is 2. The number of tetrazole rings is 1. The maximum Gasteiger partial charge on any atom is 0.210 e. The summed E-state index contributed by atoms with van der Waals surface area (Å²) in [6, 6.07) is 0. The number of nitrogens with zero attached hydrogens (tertiary/aromatic N) is 4. The Morgan fingerprint density at radius 2 is 1.93 bits per heavy atom. The molecule has 1 aromatic heterocycles. The van der Waals surface area contributed by atoms with Crippen molar-refractivity contribution >= 4 is 23.3 Å². The third-order valence-electron chi connectivity index (χ3n) is 1.54. The molecule has 6 nitrogen and oxygen atoms in total. The minimum absolute atomic E-state index is 0.189. The van der Waals surface area contributed by atoms with Crippen molar-refractivity contribution in [2.75, 3.05) is 0 Å². The van der Waals surface area contributed by atoms with Gasteiger partial charge < -0.3 is 0 Å². The lowest BCUT2D eigenvalue weighted by Gasteiger charge is -2.07. The minimum Gasteiger partial charge on any atom is -0.298 e. The summed E-state index contributed by atoms with van der Waals surface area (Å²) in [5.41, 5.74) is 0. The van der Waals surface area contributed by atoms with Gasteiger partial charge in [-0.15, -0.1) is 5.10 Å². The average Bonchev–Trinajstić information content (AvgIpc) is 2.46. The summed E-state index contributed by atoms with van der Waals surface area (Å²) in [7, 11) is 1.65. The summed E-state index contributed by atoms with van der Waals surface area (Å²) >= 11 is 1.07. The number of aryl methyl sites for hydroxylation is 1. The van der Waals surface area contributed by atoms with Crippen LogP contribution >= 0.6 is 11.8 Å². The van der Waals surface area contributed by atoms with Gasteiger partial charge in [0.1, 0.15) is 5.25 Å². The van der Waals surface area contributed by atoms with E-state index in [2.05, 4.69) is 15.5 Å². The second-order valence-corrected chi connectivity index (χ2v) is 3.88. The van der Waals surface area contributed by atoms with Crippen molar-refractivity contribution in [1.29, 1.82) is 0 Å². The molecule has 0 aromatic carbocycles. The average molecular weight is 214 g/mol. The smallest absolute Gasteiger partial charge is 0.210 e. The molecule has 7 heteroatoms. The molecular formula is C7H10N4O2S. The summed E-state index contributed by atoms with van der Waals surface area (Å²) in [4.78, 5) is 22.2. The third kappa shape index (κ3) is 2.38. The molecule has 0 aliphatic carbocycles. The van der Waals surface area contributed by atoms with Crippen LogP contribution in [-0.4, -0.2) is 37.0 Å². The van der Waals surface area contributed by atoms with Gasteiger partial charge in [0, 0.05) is 7.05 Å². The molecule has 0 bridgehead atoms. The Kier molecular flexibility index (Phi) is 3.34. The van der Waals surface area contributed by atoms with Crippen LogP contribution in [0.5, 0.6) is 0 Å². The van der Waals surface area contributed by atoms with Gasteiger partial charge in [-0.2, -0.15) is 0 Å². The zero-order chi connectivity index (χ0) is 10.7. The van der Waals surface area contributed by atoms with Crippen LogP contribution in [0.3, 0.4) is 0 Å². The molecule has 0 saturated heterocycles. The number of thioether (sulfide) groups is 1. The zero-order valence-corrected chi connectivity index (χ0v) is 8.91. The van der Waals surface area contributed by atoms with Gasteiger partial charge in [0.25, 0.3) is 0 Å². The molecule has 1 heterocycles. The van der Waals surface area contributed by atoms with Crippen LogP contribution in [0.1, 0.15) is 13.8 Å². The SMILES string of the molecule is CC(=O)C(Sc1nnnn1C)C(C)=O. The summed E-state index contributed by atoms with van der Waals surface area (Å²) in [6.07, 6.45) is 0. The molecule has 0 radical (unpaired) electrons. The Bertz CT molecular complexity index is 348. The maximum atomic E-state index is 11.1. The van der Waals surface area contributed by atoms with Gasteiger partial charge in [0.15, 0.2) is 11.6 Å². The lowest BCUT2D eigenvalue weighted by molar-refractivity contribution is -0.123. The molecule has 14 heavy (non-hydrogen) atoms. The first-order chi connectivity index (χ1) is 6.52. The van der Waals surface area contributed by atoms with Gasteiger partial charge in [-0.1, -0.05) is 11.8 Å². The van der Waals surface area contributed by atoms with E-state index in [-0.39, 0.29) is 11.6 Å². The van der Waals surface area contributed by atoms with Crippen LogP contribution < -0.4 is 0 Å². The Labute approximate surface area is 85.1 Å². The van der Waals surface area contributed by atoms with E-state index in [1.54, 1.807) is 7.05 Å². The topological polar surface area (TPSA) is 77.7 Å². The summed E-state index contributed by atoms with van der Waals surface area (Å²) < 4.78 is 1.42. The standard InChI is InChI=1S/C7H10N4O2S/c1-4(12)6(5(2)13)14-7-8-9-10-11(7)3/h6H,1-3H3. The van der Waals surface area contributed by atoms with Crippen molar-refractivity contribution in [2.45, 2.75) is 24.3 Å². The Morgan fingerprint density at radius 3 is 2.29 bits per heavy atom. The molecule has 76 valence electrons. The normalized spacial score (nSPS) is 10.6. The van der Waals surface area contributed by atoms with Crippen LogP contribution in [0.15, 0.2) is 5.16 Å². The second-order valence-electron chi connectivity index (χ2n) is 2.80. The van der Waals surface area contributed by atoms with Crippen molar-refractivity contribution in [3.8, 4) is 0 Å².